The van der Waals surface area contributed by atoms with E-state index >= 15 is 0 Å². The Balaban J connectivity index is 2.03. The second-order valence-corrected chi connectivity index (χ2v) is 4.02. The molecule has 0 aliphatic heterocycles. The van der Waals surface area contributed by atoms with Crippen molar-refractivity contribution in [3.05, 3.63) is 11.4 Å². The van der Waals surface area contributed by atoms with Crippen molar-refractivity contribution in [1.29, 1.82) is 0 Å². The highest BCUT2D eigenvalue weighted by molar-refractivity contribution is 5.92. The van der Waals surface area contributed by atoms with E-state index in [2.05, 4.69) is 10.3 Å². The van der Waals surface area contributed by atoms with Crippen molar-refractivity contribution in [2.45, 2.75) is 25.3 Å². The molecule has 0 unspecified atom stereocenters. The van der Waals surface area contributed by atoms with E-state index in [-0.39, 0.29) is 12.3 Å². The van der Waals surface area contributed by atoms with Gasteiger partial charge in [0.15, 0.2) is 5.69 Å². The highest BCUT2D eigenvalue weighted by Crippen LogP contribution is 2.40. The fourth-order valence-electron chi connectivity index (χ4n) is 1.74. The van der Waals surface area contributed by atoms with Crippen LogP contribution >= 0.6 is 0 Å². The molecule has 1 saturated carbocycles. The Labute approximate surface area is 98.5 Å². The van der Waals surface area contributed by atoms with Gasteiger partial charge in [0.2, 0.25) is 0 Å². The average molecular weight is 240 g/mol. The molecule has 1 aliphatic rings. The molecule has 1 aliphatic carbocycles. The van der Waals surface area contributed by atoms with Crippen LogP contribution in [-0.4, -0.2) is 45.8 Å². The van der Waals surface area contributed by atoms with E-state index < -0.39 is 5.91 Å². The summed E-state index contributed by atoms with van der Waals surface area (Å²) >= 11 is 0. The summed E-state index contributed by atoms with van der Waals surface area (Å²) in [4.78, 5) is 11.2. The van der Waals surface area contributed by atoms with Crippen molar-refractivity contribution in [1.82, 2.24) is 15.0 Å². The third-order valence-corrected chi connectivity index (χ3v) is 2.65. The Morgan fingerprint density at radius 3 is 2.88 bits per heavy atom. The molecule has 7 heteroatoms. The van der Waals surface area contributed by atoms with Crippen LogP contribution in [0.25, 0.3) is 0 Å². The summed E-state index contributed by atoms with van der Waals surface area (Å²) in [5.41, 5.74) is 6.35. The van der Waals surface area contributed by atoms with Gasteiger partial charge in [-0.1, -0.05) is 5.21 Å². The third-order valence-electron chi connectivity index (χ3n) is 2.65. The van der Waals surface area contributed by atoms with Crippen molar-refractivity contribution in [3.63, 3.8) is 0 Å². The van der Waals surface area contributed by atoms with Gasteiger partial charge in [-0.05, 0) is 12.8 Å². The van der Waals surface area contributed by atoms with E-state index in [1.807, 2.05) is 0 Å². The number of aromatic nitrogens is 3. The minimum Gasteiger partial charge on any atom is -0.394 e. The number of primary amides is 1. The van der Waals surface area contributed by atoms with Crippen LogP contribution < -0.4 is 5.73 Å². The summed E-state index contributed by atoms with van der Waals surface area (Å²) in [6, 6.07) is 0. The highest BCUT2D eigenvalue weighted by atomic mass is 16.5. The minimum absolute atomic E-state index is 0.000620. The van der Waals surface area contributed by atoms with Crippen LogP contribution in [0.2, 0.25) is 0 Å². The lowest BCUT2D eigenvalue weighted by Crippen LogP contribution is -2.16. The van der Waals surface area contributed by atoms with Gasteiger partial charge in [0.1, 0.15) is 0 Å². The van der Waals surface area contributed by atoms with Gasteiger partial charge in [0, 0.05) is 5.92 Å². The first-order chi connectivity index (χ1) is 8.24. The largest absolute Gasteiger partial charge is 0.394 e. The summed E-state index contributed by atoms with van der Waals surface area (Å²) in [6.07, 6.45) is 2.09. The van der Waals surface area contributed by atoms with E-state index in [0.717, 1.165) is 18.5 Å². The maximum atomic E-state index is 11.2. The Kier molecular flexibility index (Phi) is 3.70. The SMILES string of the molecule is NC(=O)c1nnn(CCOCCO)c1C1CC1. The fraction of sp³-hybridized carbons (Fsp3) is 0.700. The molecule has 1 fully saturated rings. The van der Waals surface area contributed by atoms with Gasteiger partial charge in [-0.25, -0.2) is 4.68 Å². The van der Waals surface area contributed by atoms with Crippen LogP contribution in [-0.2, 0) is 11.3 Å². The normalized spacial score (nSPS) is 15.1. The predicted octanol–water partition coefficient (Wildman–Crippen LogP) is -0.737. The molecule has 2 rings (SSSR count). The summed E-state index contributed by atoms with van der Waals surface area (Å²) < 4.78 is 6.83. The lowest BCUT2D eigenvalue weighted by atomic mass is 10.2. The molecule has 0 bridgehead atoms. The molecule has 3 N–H and O–H groups in total. The molecule has 0 saturated heterocycles. The molecule has 0 spiro atoms. The number of ether oxygens (including phenoxy) is 1. The van der Waals surface area contributed by atoms with Crippen LogP contribution in [0.15, 0.2) is 0 Å². The Morgan fingerprint density at radius 2 is 2.29 bits per heavy atom. The molecular weight excluding hydrogens is 224 g/mol. The maximum Gasteiger partial charge on any atom is 0.271 e. The molecule has 1 heterocycles. The molecule has 1 aromatic heterocycles. The lowest BCUT2D eigenvalue weighted by molar-refractivity contribution is 0.0847. The van der Waals surface area contributed by atoms with Crippen LogP contribution in [0.1, 0.15) is 34.9 Å². The second kappa shape index (κ2) is 5.24. The topological polar surface area (TPSA) is 103 Å². The monoisotopic (exact) mass is 240 g/mol. The van der Waals surface area contributed by atoms with Crippen LogP contribution in [0.4, 0.5) is 0 Å². The number of carbonyl (C=O) groups is 1. The Morgan fingerprint density at radius 1 is 1.53 bits per heavy atom. The summed E-state index contributed by atoms with van der Waals surface area (Å²) in [7, 11) is 0. The predicted molar refractivity (Wildman–Crippen MR) is 58.4 cm³/mol. The van der Waals surface area contributed by atoms with E-state index in [0.29, 0.717) is 25.7 Å². The van der Waals surface area contributed by atoms with Crippen LogP contribution in [0.3, 0.4) is 0 Å². The zero-order chi connectivity index (χ0) is 12.3. The average Bonchev–Trinajstić information content (AvgIpc) is 3.05. The van der Waals surface area contributed by atoms with E-state index in [9.17, 15) is 4.79 Å². The molecule has 17 heavy (non-hydrogen) atoms. The number of aliphatic hydroxyl groups is 1. The zero-order valence-electron chi connectivity index (χ0n) is 9.50. The van der Waals surface area contributed by atoms with Gasteiger partial charge in [0.25, 0.3) is 5.91 Å². The highest BCUT2D eigenvalue weighted by Gasteiger charge is 2.32. The van der Waals surface area contributed by atoms with Crippen molar-refractivity contribution < 1.29 is 14.6 Å². The smallest absolute Gasteiger partial charge is 0.271 e. The van der Waals surface area contributed by atoms with Gasteiger partial charge >= 0.3 is 0 Å². The number of hydrogen-bond acceptors (Lipinski definition) is 5. The second-order valence-electron chi connectivity index (χ2n) is 4.02. The standard InChI is InChI=1S/C10H16N4O3/c11-10(16)8-9(7-1-2-7)14(13-12-8)3-5-17-6-4-15/h7,15H,1-6H2,(H2,11,16). The molecule has 94 valence electrons. The summed E-state index contributed by atoms with van der Waals surface area (Å²) in [5.74, 6) is -0.181. The van der Waals surface area contributed by atoms with E-state index in [1.54, 1.807) is 4.68 Å². The van der Waals surface area contributed by atoms with Gasteiger partial charge in [-0.2, -0.15) is 0 Å². The molecule has 0 atom stereocenters. The van der Waals surface area contributed by atoms with Crippen molar-refractivity contribution in [3.8, 4) is 0 Å². The van der Waals surface area contributed by atoms with Gasteiger partial charge in [-0.3, -0.25) is 4.79 Å². The summed E-state index contributed by atoms with van der Waals surface area (Å²) in [5, 5.41) is 16.3. The molecule has 1 aromatic rings. The van der Waals surface area contributed by atoms with Crippen LogP contribution in [0.5, 0.6) is 0 Å². The first-order valence-corrected chi connectivity index (χ1v) is 5.65. The molecule has 1 amide bonds. The number of rotatable bonds is 7. The number of carbonyl (C=O) groups excluding carboxylic acids is 1. The fourth-order valence-corrected chi connectivity index (χ4v) is 1.74. The molecule has 0 aromatic carbocycles. The summed E-state index contributed by atoms with van der Waals surface area (Å²) in [6.45, 7) is 1.25. The van der Waals surface area contributed by atoms with Crippen molar-refractivity contribution in [2.75, 3.05) is 19.8 Å². The number of aliphatic hydroxyl groups excluding tert-OH is 1. The lowest BCUT2D eigenvalue weighted by Gasteiger charge is -2.06. The minimum atomic E-state index is -0.533. The number of nitrogens with zero attached hydrogens (tertiary/aromatic N) is 3. The maximum absolute atomic E-state index is 11.2. The first-order valence-electron chi connectivity index (χ1n) is 5.65. The Bertz CT molecular complexity index is 400. The molecule has 0 radical (unpaired) electrons. The molecule has 7 nitrogen and oxygen atoms in total. The van der Waals surface area contributed by atoms with Gasteiger partial charge in [0.05, 0.1) is 32.1 Å². The molecular formula is C10H16N4O3. The quantitative estimate of drug-likeness (QED) is 0.611. The van der Waals surface area contributed by atoms with Gasteiger partial charge < -0.3 is 15.6 Å². The van der Waals surface area contributed by atoms with Gasteiger partial charge in [-0.15, -0.1) is 5.10 Å². The number of amides is 1. The third kappa shape index (κ3) is 2.80. The number of nitrogens with two attached hydrogens (primary N) is 1. The van der Waals surface area contributed by atoms with Crippen molar-refractivity contribution in [2.24, 2.45) is 5.73 Å². The van der Waals surface area contributed by atoms with Crippen molar-refractivity contribution >= 4 is 5.91 Å². The van der Waals surface area contributed by atoms with E-state index in [1.165, 1.54) is 0 Å². The zero-order valence-corrected chi connectivity index (χ0v) is 9.50. The number of hydrogen-bond donors (Lipinski definition) is 2. The van der Waals surface area contributed by atoms with Crippen LogP contribution in [0, 0.1) is 0 Å². The Hall–Kier alpha value is -1.47. The first kappa shape index (κ1) is 12.0. The van der Waals surface area contributed by atoms with E-state index in [4.69, 9.17) is 15.6 Å².